The SMILES string of the molecule is Cc1cc(NC2CC(=O)N(C)C2=O)ncn1. The van der Waals surface area contributed by atoms with Gasteiger partial charge in [0.25, 0.3) is 5.91 Å². The number of rotatable bonds is 2. The largest absolute Gasteiger partial charge is 0.358 e. The van der Waals surface area contributed by atoms with E-state index in [0.717, 1.165) is 10.6 Å². The maximum Gasteiger partial charge on any atom is 0.251 e. The molecule has 2 amide bonds. The first kappa shape index (κ1) is 10.5. The Morgan fingerprint density at radius 1 is 1.44 bits per heavy atom. The van der Waals surface area contributed by atoms with Gasteiger partial charge in [-0.15, -0.1) is 0 Å². The van der Waals surface area contributed by atoms with E-state index in [1.54, 1.807) is 6.07 Å². The first-order valence-electron chi connectivity index (χ1n) is 4.93. The van der Waals surface area contributed by atoms with Gasteiger partial charge in [0.1, 0.15) is 18.2 Å². The Morgan fingerprint density at radius 3 is 2.75 bits per heavy atom. The van der Waals surface area contributed by atoms with Gasteiger partial charge < -0.3 is 5.32 Å². The fourth-order valence-electron chi connectivity index (χ4n) is 1.58. The molecule has 1 aromatic heterocycles. The molecule has 6 nitrogen and oxygen atoms in total. The summed E-state index contributed by atoms with van der Waals surface area (Å²) < 4.78 is 0. The molecule has 1 aliphatic heterocycles. The summed E-state index contributed by atoms with van der Waals surface area (Å²) in [6.07, 6.45) is 1.60. The summed E-state index contributed by atoms with van der Waals surface area (Å²) in [5.74, 6) is 0.170. The summed E-state index contributed by atoms with van der Waals surface area (Å²) in [6.45, 7) is 1.83. The van der Waals surface area contributed by atoms with Crippen molar-refractivity contribution in [2.75, 3.05) is 12.4 Å². The standard InChI is InChI=1S/C10H12N4O2/c1-6-3-8(12-5-11-6)13-7-4-9(15)14(2)10(7)16/h3,5,7H,4H2,1-2H3,(H,11,12,13). The van der Waals surface area contributed by atoms with E-state index in [2.05, 4.69) is 15.3 Å². The number of likely N-dealkylation sites (N-methyl/N-ethyl adjacent to an activating group) is 1. The van der Waals surface area contributed by atoms with E-state index in [4.69, 9.17) is 0 Å². The highest BCUT2D eigenvalue weighted by molar-refractivity contribution is 6.06. The number of nitrogens with zero attached hydrogens (tertiary/aromatic N) is 3. The topological polar surface area (TPSA) is 75.2 Å². The van der Waals surface area contributed by atoms with Crippen molar-refractivity contribution in [3.63, 3.8) is 0 Å². The summed E-state index contributed by atoms with van der Waals surface area (Å²) in [4.78, 5) is 32.0. The smallest absolute Gasteiger partial charge is 0.251 e. The number of nitrogens with one attached hydrogen (secondary N) is 1. The summed E-state index contributed by atoms with van der Waals surface area (Å²) in [5, 5.41) is 2.93. The first-order valence-corrected chi connectivity index (χ1v) is 4.93. The maximum absolute atomic E-state index is 11.6. The molecule has 1 saturated heterocycles. The fourth-order valence-corrected chi connectivity index (χ4v) is 1.58. The molecule has 1 fully saturated rings. The zero-order chi connectivity index (χ0) is 11.7. The number of likely N-dealkylation sites (tertiary alicyclic amines) is 1. The molecule has 16 heavy (non-hydrogen) atoms. The molecule has 0 saturated carbocycles. The van der Waals surface area contributed by atoms with Crippen LogP contribution < -0.4 is 5.32 Å². The number of anilines is 1. The quantitative estimate of drug-likeness (QED) is 0.707. The lowest BCUT2D eigenvalue weighted by Gasteiger charge is -2.11. The minimum absolute atomic E-state index is 0.173. The second kappa shape index (κ2) is 3.88. The lowest BCUT2D eigenvalue weighted by molar-refractivity contribution is -0.136. The van der Waals surface area contributed by atoms with Crippen LogP contribution in [0.5, 0.6) is 0 Å². The number of hydrogen-bond donors (Lipinski definition) is 1. The number of hydrogen-bond acceptors (Lipinski definition) is 5. The third-order valence-corrected chi connectivity index (χ3v) is 2.51. The number of amides is 2. The molecule has 0 aromatic carbocycles. The van der Waals surface area contributed by atoms with Crippen LogP contribution in [-0.2, 0) is 9.59 Å². The normalized spacial score (nSPS) is 20.4. The van der Waals surface area contributed by atoms with E-state index < -0.39 is 6.04 Å². The molecule has 0 bridgehead atoms. The second-order valence-corrected chi connectivity index (χ2v) is 3.74. The monoisotopic (exact) mass is 220 g/mol. The number of carbonyl (C=O) groups excluding carboxylic acids is 2. The van der Waals surface area contributed by atoms with Crippen molar-refractivity contribution in [2.24, 2.45) is 0 Å². The highest BCUT2D eigenvalue weighted by Gasteiger charge is 2.36. The number of aryl methyl sites for hydroxylation is 1. The molecule has 84 valence electrons. The zero-order valence-electron chi connectivity index (χ0n) is 9.10. The highest BCUT2D eigenvalue weighted by Crippen LogP contribution is 2.15. The second-order valence-electron chi connectivity index (χ2n) is 3.74. The molecule has 6 heteroatoms. The van der Waals surface area contributed by atoms with E-state index in [-0.39, 0.29) is 18.2 Å². The third kappa shape index (κ3) is 1.86. The van der Waals surface area contributed by atoms with Gasteiger partial charge in [-0.3, -0.25) is 14.5 Å². The average molecular weight is 220 g/mol. The Morgan fingerprint density at radius 2 is 2.19 bits per heavy atom. The summed E-state index contributed by atoms with van der Waals surface area (Å²) >= 11 is 0. The molecular formula is C10H12N4O2. The number of imide groups is 1. The van der Waals surface area contributed by atoms with Crippen LogP contribution >= 0.6 is 0 Å². The van der Waals surface area contributed by atoms with Crippen LogP contribution in [-0.4, -0.2) is 39.8 Å². The lowest BCUT2D eigenvalue weighted by Crippen LogP contribution is -2.32. The van der Waals surface area contributed by atoms with Crippen LogP contribution in [0.3, 0.4) is 0 Å². The molecule has 0 spiro atoms. The Bertz CT molecular complexity index is 446. The van der Waals surface area contributed by atoms with Gasteiger partial charge in [-0.2, -0.15) is 0 Å². The first-order chi connectivity index (χ1) is 7.58. The van der Waals surface area contributed by atoms with Crippen molar-refractivity contribution >= 4 is 17.6 Å². The van der Waals surface area contributed by atoms with E-state index >= 15 is 0 Å². The van der Waals surface area contributed by atoms with E-state index in [1.807, 2.05) is 6.92 Å². The van der Waals surface area contributed by atoms with Gasteiger partial charge in [-0.05, 0) is 6.92 Å². The highest BCUT2D eigenvalue weighted by atomic mass is 16.2. The molecular weight excluding hydrogens is 208 g/mol. The molecule has 2 rings (SSSR count). The van der Waals surface area contributed by atoms with Gasteiger partial charge in [0.2, 0.25) is 5.91 Å². The number of aromatic nitrogens is 2. The van der Waals surface area contributed by atoms with Crippen molar-refractivity contribution in [2.45, 2.75) is 19.4 Å². The molecule has 1 aromatic rings. The Hall–Kier alpha value is -1.98. The minimum Gasteiger partial charge on any atom is -0.358 e. The Kier molecular flexibility index (Phi) is 2.55. The Balaban J connectivity index is 2.12. The fraction of sp³-hybridized carbons (Fsp3) is 0.400. The van der Waals surface area contributed by atoms with Crippen LogP contribution in [0.1, 0.15) is 12.1 Å². The molecule has 2 heterocycles. The maximum atomic E-state index is 11.6. The molecule has 1 unspecified atom stereocenters. The van der Waals surface area contributed by atoms with Crippen molar-refractivity contribution < 1.29 is 9.59 Å². The van der Waals surface area contributed by atoms with Crippen LogP contribution in [0.15, 0.2) is 12.4 Å². The van der Waals surface area contributed by atoms with Crippen molar-refractivity contribution in [1.82, 2.24) is 14.9 Å². The van der Waals surface area contributed by atoms with Crippen LogP contribution in [0, 0.1) is 6.92 Å². The summed E-state index contributed by atoms with van der Waals surface area (Å²) in [6, 6.07) is 1.22. The third-order valence-electron chi connectivity index (χ3n) is 2.51. The van der Waals surface area contributed by atoms with E-state index in [9.17, 15) is 9.59 Å². The van der Waals surface area contributed by atoms with Gasteiger partial charge in [-0.1, -0.05) is 0 Å². The van der Waals surface area contributed by atoms with Gasteiger partial charge in [-0.25, -0.2) is 9.97 Å². The van der Waals surface area contributed by atoms with E-state index in [1.165, 1.54) is 13.4 Å². The summed E-state index contributed by atoms with van der Waals surface area (Å²) in [7, 11) is 1.48. The molecule has 0 aliphatic carbocycles. The molecule has 1 atom stereocenters. The van der Waals surface area contributed by atoms with Gasteiger partial charge in [0, 0.05) is 18.8 Å². The van der Waals surface area contributed by atoms with E-state index in [0.29, 0.717) is 5.82 Å². The van der Waals surface area contributed by atoms with Gasteiger partial charge in [0.15, 0.2) is 0 Å². The molecule has 1 N–H and O–H groups in total. The lowest BCUT2D eigenvalue weighted by atomic mass is 10.2. The van der Waals surface area contributed by atoms with Gasteiger partial charge >= 0.3 is 0 Å². The Labute approximate surface area is 92.7 Å². The van der Waals surface area contributed by atoms with Crippen molar-refractivity contribution in [3.8, 4) is 0 Å². The average Bonchev–Trinajstić information content (AvgIpc) is 2.47. The van der Waals surface area contributed by atoms with Gasteiger partial charge in [0.05, 0.1) is 6.42 Å². The van der Waals surface area contributed by atoms with Crippen LogP contribution in [0.4, 0.5) is 5.82 Å². The minimum atomic E-state index is -0.508. The van der Waals surface area contributed by atoms with Crippen molar-refractivity contribution in [3.05, 3.63) is 18.1 Å². The van der Waals surface area contributed by atoms with Crippen molar-refractivity contribution in [1.29, 1.82) is 0 Å². The zero-order valence-corrected chi connectivity index (χ0v) is 9.10. The summed E-state index contributed by atoms with van der Waals surface area (Å²) in [5.41, 5.74) is 0.808. The molecule has 1 aliphatic rings. The predicted octanol–water partition coefficient (Wildman–Crippen LogP) is -0.0458. The predicted molar refractivity (Wildman–Crippen MR) is 56.6 cm³/mol. The van der Waals surface area contributed by atoms with Crippen LogP contribution in [0.25, 0.3) is 0 Å². The molecule has 0 radical (unpaired) electrons. The number of carbonyl (C=O) groups is 2. The van der Waals surface area contributed by atoms with Crippen LogP contribution in [0.2, 0.25) is 0 Å².